The van der Waals surface area contributed by atoms with Crippen molar-refractivity contribution in [3.05, 3.63) is 0 Å². The highest BCUT2D eigenvalue weighted by Gasteiger charge is 2.35. The summed E-state index contributed by atoms with van der Waals surface area (Å²) in [4.78, 5) is 0. The lowest BCUT2D eigenvalue weighted by Gasteiger charge is -2.34. The first-order valence-electron chi connectivity index (χ1n) is 6.42. The molecule has 0 aromatic rings. The second-order valence-electron chi connectivity index (χ2n) is 4.99. The summed E-state index contributed by atoms with van der Waals surface area (Å²) in [7, 11) is -3.19. The number of piperidine rings is 1. The summed E-state index contributed by atoms with van der Waals surface area (Å²) in [6.45, 7) is 2.05. The number of nitrogens with one attached hydrogen (secondary N) is 1. The van der Waals surface area contributed by atoms with Gasteiger partial charge >= 0.3 is 0 Å². The average molecular weight is 275 g/mol. The highest BCUT2D eigenvalue weighted by atomic mass is 32.2. The number of rotatable bonds is 3. The Kier molecular flexibility index (Phi) is 4.24. The zero-order chi connectivity index (χ0) is 13.2. The standard InChI is InChI=1S/C11H21N3O3S/c12-11(13)9-1-5-14(6-2-9)18(15,16)10-3-7-17-8-4-10/h9-10H,1-8H2,(H3,12,13). The third-order valence-electron chi connectivity index (χ3n) is 3.84. The third-order valence-corrected chi connectivity index (χ3v) is 6.24. The molecular weight excluding hydrogens is 254 g/mol. The molecule has 7 heteroatoms. The van der Waals surface area contributed by atoms with Crippen LogP contribution in [0.3, 0.4) is 0 Å². The Balaban J connectivity index is 1.97. The Morgan fingerprint density at radius 2 is 1.72 bits per heavy atom. The monoisotopic (exact) mass is 275 g/mol. The molecule has 0 aromatic heterocycles. The van der Waals surface area contributed by atoms with E-state index in [1.54, 1.807) is 4.31 Å². The predicted molar refractivity (Wildman–Crippen MR) is 69.0 cm³/mol. The molecule has 0 aromatic carbocycles. The van der Waals surface area contributed by atoms with Gasteiger partial charge in [0.15, 0.2) is 0 Å². The second-order valence-corrected chi connectivity index (χ2v) is 7.20. The van der Waals surface area contributed by atoms with Gasteiger partial charge in [0.2, 0.25) is 10.0 Å². The van der Waals surface area contributed by atoms with Crippen LogP contribution in [0.1, 0.15) is 25.7 Å². The highest BCUT2D eigenvalue weighted by Crippen LogP contribution is 2.25. The van der Waals surface area contributed by atoms with Crippen LogP contribution in [0.5, 0.6) is 0 Å². The minimum Gasteiger partial charge on any atom is -0.387 e. The van der Waals surface area contributed by atoms with Crippen molar-refractivity contribution in [1.29, 1.82) is 5.41 Å². The van der Waals surface area contributed by atoms with E-state index in [1.807, 2.05) is 0 Å². The maximum Gasteiger partial charge on any atom is 0.217 e. The van der Waals surface area contributed by atoms with E-state index in [4.69, 9.17) is 15.9 Å². The van der Waals surface area contributed by atoms with E-state index < -0.39 is 10.0 Å². The number of sulfonamides is 1. The number of nitrogens with zero attached hydrogens (tertiary/aromatic N) is 1. The molecule has 6 nitrogen and oxygen atoms in total. The first kappa shape index (κ1) is 13.8. The zero-order valence-electron chi connectivity index (χ0n) is 10.5. The lowest BCUT2D eigenvalue weighted by molar-refractivity contribution is 0.0969. The van der Waals surface area contributed by atoms with Gasteiger partial charge in [0.1, 0.15) is 0 Å². The Labute approximate surface area is 108 Å². The molecule has 2 aliphatic heterocycles. The van der Waals surface area contributed by atoms with E-state index in [1.165, 1.54) is 0 Å². The SMILES string of the molecule is N=C(N)C1CCN(S(=O)(=O)C2CCOCC2)CC1. The van der Waals surface area contributed by atoms with Crippen molar-refractivity contribution in [1.82, 2.24) is 4.31 Å². The fraction of sp³-hybridized carbons (Fsp3) is 0.909. The summed E-state index contributed by atoms with van der Waals surface area (Å²) in [6.07, 6.45) is 2.51. The van der Waals surface area contributed by atoms with E-state index in [0.717, 1.165) is 0 Å². The topological polar surface area (TPSA) is 96.5 Å². The summed E-state index contributed by atoms with van der Waals surface area (Å²) < 4.78 is 31.6. The van der Waals surface area contributed by atoms with Gasteiger partial charge < -0.3 is 10.5 Å². The number of amidine groups is 1. The van der Waals surface area contributed by atoms with Crippen molar-refractivity contribution in [3.63, 3.8) is 0 Å². The highest BCUT2D eigenvalue weighted by molar-refractivity contribution is 7.89. The Hall–Kier alpha value is -0.660. The molecule has 0 amide bonds. The van der Waals surface area contributed by atoms with Crippen LogP contribution in [0, 0.1) is 11.3 Å². The van der Waals surface area contributed by atoms with Crippen LogP contribution in [0.15, 0.2) is 0 Å². The molecule has 0 unspecified atom stereocenters. The van der Waals surface area contributed by atoms with Crippen LogP contribution < -0.4 is 5.73 Å². The molecule has 2 heterocycles. The molecule has 2 aliphatic rings. The minimum absolute atomic E-state index is 0.0474. The predicted octanol–water partition coefficient (Wildman–Crippen LogP) is 0.143. The summed E-state index contributed by atoms with van der Waals surface area (Å²) in [5, 5.41) is 7.11. The summed E-state index contributed by atoms with van der Waals surface area (Å²) in [5.74, 6) is 0.226. The largest absolute Gasteiger partial charge is 0.387 e. The molecule has 18 heavy (non-hydrogen) atoms. The van der Waals surface area contributed by atoms with Crippen LogP contribution in [-0.4, -0.2) is 50.1 Å². The van der Waals surface area contributed by atoms with Gasteiger partial charge in [-0.1, -0.05) is 0 Å². The van der Waals surface area contributed by atoms with E-state index in [2.05, 4.69) is 0 Å². The van der Waals surface area contributed by atoms with Crippen LogP contribution in [-0.2, 0) is 14.8 Å². The number of nitrogens with two attached hydrogens (primary N) is 1. The molecule has 104 valence electrons. The molecule has 2 rings (SSSR count). The normalized spacial score (nSPS) is 25.1. The molecule has 0 saturated carbocycles. The second kappa shape index (κ2) is 5.54. The lowest BCUT2D eigenvalue weighted by atomic mass is 9.97. The first-order chi connectivity index (χ1) is 8.51. The van der Waals surface area contributed by atoms with Gasteiger partial charge in [0.25, 0.3) is 0 Å². The van der Waals surface area contributed by atoms with Crippen LogP contribution >= 0.6 is 0 Å². The van der Waals surface area contributed by atoms with Crippen molar-refractivity contribution in [2.75, 3.05) is 26.3 Å². The first-order valence-corrected chi connectivity index (χ1v) is 7.92. The maximum atomic E-state index is 12.4. The van der Waals surface area contributed by atoms with Gasteiger partial charge in [-0.15, -0.1) is 0 Å². The van der Waals surface area contributed by atoms with Gasteiger partial charge in [-0.2, -0.15) is 0 Å². The maximum absolute atomic E-state index is 12.4. The van der Waals surface area contributed by atoms with Gasteiger partial charge in [0, 0.05) is 32.2 Å². The van der Waals surface area contributed by atoms with Crippen LogP contribution in [0.25, 0.3) is 0 Å². The zero-order valence-corrected chi connectivity index (χ0v) is 11.3. The van der Waals surface area contributed by atoms with E-state index >= 15 is 0 Å². The molecule has 3 N–H and O–H groups in total. The summed E-state index contributed by atoms with van der Waals surface area (Å²) in [5.41, 5.74) is 5.46. The molecule has 2 fully saturated rings. The van der Waals surface area contributed by atoms with E-state index in [0.29, 0.717) is 52.0 Å². The molecule has 0 radical (unpaired) electrons. The van der Waals surface area contributed by atoms with Crippen LogP contribution in [0.4, 0.5) is 0 Å². The van der Waals surface area contributed by atoms with Crippen molar-refractivity contribution in [2.45, 2.75) is 30.9 Å². The summed E-state index contributed by atoms with van der Waals surface area (Å²) >= 11 is 0. The third kappa shape index (κ3) is 2.84. The number of hydrogen-bond acceptors (Lipinski definition) is 4. The minimum atomic E-state index is -3.19. The van der Waals surface area contributed by atoms with Crippen molar-refractivity contribution in [3.8, 4) is 0 Å². The Morgan fingerprint density at radius 3 is 2.22 bits per heavy atom. The van der Waals surface area contributed by atoms with Gasteiger partial charge in [-0.3, -0.25) is 5.41 Å². The van der Waals surface area contributed by atoms with Crippen LogP contribution in [0.2, 0.25) is 0 Å². The molecule has 0 aliphatic carbocycles. The summed E-state index contributed by atoms with van der Waals surface area (Å²) in [6, 6.07) is 0. The van der Waals surface area contributed by atoms with Crippen molar-refractivity contribution in [2.24, 2.45) is 11.7 Å². The smallest absolute Gasteiger partial charge is 0.217 e. The fourth-order valence-electron chi connectivity index (χ4n) is 2.61. The Bertz CT molecular complexity index is 396. The van der Waals surface area contributed by atoms with Crippen molar-refractivity contribution < 1.29 is 13.2 Å². The molecule has 0 spiro atoms. The molecular formula is C11H21N3O3S. The molecule has 0 bridgehead atoms. The number of hydrogen-bond donors (Lipinski definition) is 2. The molecule has 0 atom stereocenters. The van der Waals surface area contributed by atoms with Crippen molar-refractivity contribution >= 4 is 15.9 Å². The van der Waals surface area contributed by atoms with E-state index in [9.17, 15) is 8.42 Å². The van der Waals surface area contributed by atoms with Gasteiger partial charge in [-0.05, 0) is 25.7 Å². The van der Waals surface area contributed by atoms with Gasteiger partial charge in [-0.25, -0.2) is 12.7 Å². The number of ether oxygens (including phenoxy) is 1. The Morgan fingerprint density at radius 1 is 1.17 bits per heavy atom. The average Bonchev–Trinajstić information content (AvgIpc) is 2.40. The van der Waals surface area contributed by atoms with Gasteiger partial charge in [0.05, 0.1) is 11.1 Å². The van der Waals surface area contributed by atoms with E-state index in [-0.39, 0.29) is 17.0 Å². The molecule has 2 saturated heterocycles. The fourth-order valence-corrected chi connectivity index (χ4v) is 4.54. The lowest BCUT2D eigenvalue weighted by Crippen LogP contribution is -2.46. The quantitative estimate of drug-likeness (QED) is 0.565.